The summed E-state index contributed by atoms with van der Waals surface area (Å²) < 4.78 is 5.29. The second kappa shape index (κ2) is 10.5. The molecule has 5 rings (SSSR count). The standard InChI is InChI=1S/C28H22N4O3S2/c1-3-22(27(34)32-20-11-4-6-13-23(20)36-24-14-7-5-12-21(24)32)37-28-30-25(19(16-29)26(33)31-28)17-9-8-10-18(15-17)35-2/h4-15,22H,3H2,1-2H3,(H,30,31,33)/t22-/m1/s1. The second-order valence-corrected chi connectivity index (χ2v) is 10.4. The first-order chi connectivity index (χ1) is 18.0. The number of aromatic amines is 1. The van der Waals surface area contributed by atoms with Crippen molar-refractivity contribution in [3.8, 4) is 23.1 Å². The molecule has 0 fully saturated rings. The molecule has 1 aliphatic heterocycles. The Morgan fingerprint density at radius 2 is 1.78 bits per heavy atom. The van der Waals surface area contributed by atoms with E-state index in [1.807, 2.05) is 61.5 Å². The third-order valence-electron chi connectivity index (χ3n) is 5.91. The van der Waals surface area contributed by atoms with Crippen molar-refractivity contribution in [2.75, 3.05) is 12.0 Å². The van der Waals surface area contributed by atoms with Crippen LogP contribution in [0.1, 0.15) is 18.9 Å². The number of nitriles is 1. The Labute approximate surface area is 222 Å². The number of para-hydroxylation sites is 2. The fraction of sp³-hybridized carbons (Fsp3) is 0.143. The van der Waals surface area contributed by atoms with Gasteiger partial charge in [-0.15, -0.1) is 0 Å². The number of hydrogen-bond acceptors (Lipinski definition) is 7. The molecule has 0 saturated heterocycles. The number of anilines is 2. The molecule has 2 heterocycles. The van der Waals surface area contributed by atoms with Crippen molar-refractivity contribution in [2.45, 2.75) is 33.5 Å². The van der Waals surface area contributed by atoms with Crippen LogP contribution in [0.3, 0.4) is 0 Å². The number of carbonyl (C=O) groups excluding carboxylic acids is 1. The normalized spacial score (nSPS) is 12.7. The number of amides is 1. The summed E-state index contributed by atoms with van der Waals surface area (Å²) in [5, 5.41) is 9.38. The Balaban J connectivity index is 1.53. The Hall–Kier alpha value is -4.00. The number of nitrogens with one attached hydrogen (secondary N) is 1. The van der Waals surface area contributed by atoms with Gasteiger partial charge in [-0.1, -0.05) is 66.8 Å². The van der Waals surface area contributed by atoms with Gasteiger partial charge < -0.3 is 9.72 Å². The first kappa shape index (κ1) is 24.7. The molecule has 0 radical (unpaired) electrons. The Morgan fingerprint density at radius 3 is 2.41 bits per heavy atom. The predicted octanol–water partition coefficient (Wildman–Crippen LogP) is 6.02. The van der Waals surface area contributed by atoms with E-state index in [4.69, 9.17) is 4.74 Å². The van der Waals surface area contributed by atoms with Crippen LogP contribution >= 0.6 is 23.5 Å². The summed E-state index contributed by atoms with van der Waals surface area (Å²) in [5.74, 6) is 0.474. The fourth-order valence-electron chi connectivity index (χ4n) is 4.12. The maximum atomic E-state index is 14.0. The number of ether oxygens (including phenoxy) is 1. The van der Waals surface area contributed by atoms with Gasteiger partial charge in [-0.3, -0.25) is 14.5 Å². The average Bonchev–Trinajstić information content (AvgIpc) is 2.94. The number of aromatic nitrogens is 2. The fourth-order valence-corrected chi connectivity index (χ4v) is 6.12. The van der Waals surface area contributed by atoms with E-state index in [-0.39, 0.29) is 22.3 Å². The lowest BCUT2D eigenvalue weighted by atomic mass is 10.1. The maximum absolute atomic E-state index is 14.0. The quantitative estimate of drug-likeness (QED) is 0.242. The summed E-state index contributed by atoms with van der Waals surface area (Å²) >= 11 is 2.82. The van der Waals surface area contributed by atoms with Gasteiger partial charge in [-0.2, -0.15) is 5.26 Å². The van der Waals surface area contributed by atoms with Crippen molar-refractivity contribution < 1.29 is 9.53 Å². The molecule has 0 unspecified atom stereocenters. The van der Waals surface area contributed by atoms with Gasteiger partial charge >= 0.3 is 0 Å². The van der Waals surface area contributed by atoms with E-state index >= 15 is 0 Å². The summed E-state index contributed by atoms with van der Waals surface area (Å²) in [5.41, 5.74) is 1.85. The largest absolute Gasteiger partial charge is 0.497 e. The van der Waals surface area contributed by atoms with Crippen molar-refractivity contribution in [1.29, 1.82) is 5.26 Å². The first-order valence-corrected chi connectivity index (χ1v) is 13.3. The van der Waals surface area contributed by atoms with Gasteiger partial charge in [0.15, 0.2) is 5.16 Å². The summed E-state index contributed by atoms with van der Waals surface area (Å²) in [6, 6.07) is 24.6. The van der Waals surface area contributed by atoms with Crippen molar-refractivity contribution in [3.05, 3.63) is 88.7 Å². The lowest BCUT2D eigenvalue weighted by Crippen LogP contribution is -2.36. The minimum absolute atomic E-state index is 0.0899. The zero-order valence-electron chi connectivity index (χ0n) is 20.1. The molecule has 1 N–H and O–H groups in total. The Kier molecular flexibility index (Phi) is 7.04. The molecule has 0 saturated carbocycles. The predicted molar refractivity (Wildman–Crippen MR) is 146 cm³/mol. The number of nitrogens with zero attached hydrogens (tertiary/aromatic N) is 3. The molecule has 0 bridgehead atoms. The zero-order valence-corrected chi connectivity index (χ0v) is 21.7. The highest BCUT2D eigenvalue weighted by atomic mass is 32.2. The molecule has 1 amide bonds. The summed E-state index contributed by atoms with van der Waals surface area (Å²) in [7, 11) is 1.55. The van der Waals surface area contributed by atoms with Crippen LogP contribution in [0, 0.1) is 11.3 Å². The Bertz CT molecular complexity index is 1550. The van der Waals surface area contributed by atoms with E-state index in [1.165, 1.54) is 11.8 Å². The second-order valence-electron chi connectivity index (χ2n) is 8.16. The van der Waals surface area contributed by atoms with Gasteiger partial charge in [0.1, 0.15) is 17.4 Å². The minimum atomic E-state index is -0.551. The van der Waals surface area contributed by atoms with Gasteiger partial charge in [0, 0.05) is 15.4 Å². The average molecular weight is 527 g/mol. The molecule has 3 aromatic carbocycles. The SMILES string of the molecule is CC[C@@H](Sc1nc(-c2cccc(OC)c2)c(C#N)c(=O)[nH]1)C(=O)N1c2ccccc2Sc2ccccc21. The highest BCUT2D eigenvalue weighted by Crippen LogP contribution is 2.48. The van der Waals surface area contributed by atoms with Crippen LogP contribution in [-0.2, 0) is 4.79 Å². The van der Waals surface area contributed by atoms with Crippen LogP contribution in [0.15, 0.2) is 92.5 Å². The highest BCUT2D eigenvalue weighted by molar-refractivity contribution is 8.00. The van der Waals surface area contributed by atoms with E-state index < -0.39 is 10.8 Å². The van der Waals surface area contributed by atoms with Crippen molar-refractivity contribution in [3.63, 3.8) is 0 Å². The van der Waals surface area contributed by atoms with E-state index in [0.717, 1.165) is 21.2 Å². The molecule has 9 heteroatoms. The van der Waals surface area contributed by atoms with Crippen LogP contribution < -0.4 is 15.2 Å². The number of hydrogen-bond donors (Lipinski definition) is 1. The third-order valence-corrected chi connectivity index (χ3v) is 8.27. The van der Waals surface area contributed by atoms with Crippen LogP contribution in [0.25, 0.3) is 11.3 Å². The van der Waals surface area contributed by atoms with Crippen molar-refractivity contribution in [1.82, 2.24) is 9.97 Å². The van der Waals surface area contributed by atoms with E-state index in [0.29, 0.717) is 17.7 Å². The number of carbonyl (C=O) groups is 1. The molecular weight excluding hydrogens is 504 g/mol. The Morgan fingerprint density at radius 1 is 1.11 bits per heavy atom. The van der Waals surface area contributed by atoms with E-state index in [9.17, 15) is 14.9 Å². The van der Waals surface area contributed by atoms with Crippen LogP contribution in [-0.4, -0.2) is 28.2 Å². The minimum Gasteiger partial charge on any atom is -0.497 e. The molecule has 37 heavy (non-hydrogen) atoms. The maximum Gasteiger partial charge on any atom is 0.270 e. The molecule has 4 aromatic rings. The van der Waals surface area contributed by atoms with E-state index in [1.54, 1.807) is 48.0 Å². The number of thioether (sulfide) groups is 1. The van der Waals surface area contributed by atoms with Crippen LogP contribution in [0.2, 0.25) is 0 Å². The first-order valence-electron chi connectivity index (χ1n) is 11.6. The lowest BCUT2D eigenvalue weighted by molar-refractivity contribution is -0.117. The summed E-state index contributed by atoms with van der Waals surface area (Å²) in [4.78, 5) is 37.9. The third kappa shape index (κ3) is 4.73. The number of H-pyrrole nitrogens is 1. The molecule has 1 atom stereocenters. The summed E-state index contributed by atoms with van der Waals surface area (Å²) in [6.07, 6.45) is 0.510. The van der Waals surface area contributed by atoms with Gasteiger partial charge in [-0.25, -0.2) is 4.98 Å². The molecule has 184 valence electrons. The molecule has 1 aromatic heterocycles. The highest BCUT2D eigenvalue weighted by Gasteiger charge is 2.33. The van der Waals surface area contributed by atoms with Crippen LogP contribution in [0.4, 0.5) is 11.4 Å². The lowest BCUT2D eigenvalue weighted by Gasteiger charge is -2.33. The number of fused-ring (bicyclic) bond motifs is 2. The zero-order chi connectivity index (χ0) is 25.9. The van der Waals surface area contributed by atoms with Gasteiger partial charge in [0.2, 0.25) is 5.91 Å². The van der Waals surface area contributed by atoms with Gasteiger partial charge in [0.25, 0.3) is 5.56 Å². The van der Waals surface area contributed by atoms with E-state index in [2.05, 4.69) is 9.97 Å². The number of benzene rings is 3. The number of rotatable bonds is 6. The van der Waals surface area contributed by atoms with Crippen molar-refractivity contribution in [2.24, 2.45) is 0 Å². The molecule has 0 aliphatic carbocycles. The molecule has 7 nitrogen and oxygen atoms in total. The number of methoxy groups -OCH3 is 1. The smallest absolute Gasteiger partial charge is 0.270 e. The van der Waals surface area contributed by atoms with Crippen molar-refractivity contribution >= 4 is 40.8 Å². The topological polar surface area (TPSA) is 99.1 Å². The molecule has 1 aliphatic rings. The molecule has 0 spiro atoms. The van der Waals surface area contributed by atoms with Gasteiger partial charge in [0.05, 0.1) is 29.4 Å². The van der Waals surface area contributed by atoms with Gasteiger partial charge in [-0.05, 0) is 42.8 Å². The van der Waals surface area contributed by atoms with Crippen LogP contribution in [0.5, 0.6) is 5.75 Å². The monoisotopic (exact) mass is 526 g/mol. The summed E-state index contributed by atoms with van der Waals surface area (Å²) in [6.45, 7) is 1.93. The molecular formula is C28H22N4O3S2.